The minimum atomic E-state index is 0.691. The Balaban J connectivity index is 2.61. The number of fused-ring (bicyclic) bond motifs is 1. The summed E-state index contributed by atoms with van der Waals surface area (Å²) in [6, 6.07) is 5.78. The number of benzene rings is 1. The smallest absolute Gasteiger partial charge is 0.111 e. The van der Waals surface area contributed by atoms with Crippen molar-refractivity contribution in [1.82, 2.24) is 15.5 Å². The number of rotatable bonds is 2. The van der Waals surface area contributed by atoms with Gasteiger partial charge in [0.05, 0.1) is 10.7 Å². The number of hydrogen-bond acceptors (Lipinski definition) is 2. The average molecular weight is 196 g/mol. The van der Waals surface area contributed by atoms with Gasteiger partial charge in [-0.15, -0.1) is 0 Å². The van der Waals surface area contributed by atoms with Gasteiger partial charge >= 0.3 is 0 Å². The van der Waals surface area contributed by atoms with Crippen molar-refractivity contribution in [2.45, 2.75) is 6.54 Å². The maximum atomic E-state index is 5.97. The van der Waals surface area contributed by atoms with E-state index in [-0.39, 0.29) is 0 Å². The molecule has 1 aromatic carbocycles. The third-order valence-corrected chi connectivity index (χ3v) is 2.27. The lowest BCUT2D eigenvalue weighted by atomic mass is 10.2. The molecule has 0 aliphatic heterocycles. The number of aromatic nitrogens is 2. The molecule has 2 aromatic rings. The molecule has 1 aromatic heterocycles. The number of aromatic amines is 1. The van der Waals surface area contributed by atoms with Gasteiger partial charge in [0.25, 0.3) is 0 Å². The van der Waals surface area contributed by atoms with E-state index >= 15 is 0 Å². The Morgan fingerprint density at radius 1 is 1.54 bits per heavy atom. The van der Waals surface area contributed by atoms with Gasteiger partial charge in [-0.05, 0) is 13.1 Å². The number of halogens is 1. The van der Waals surface area contributed by atoms with Crippen molar-refractivity contribution in [3.63, 3.8) is 0 Å². The first-order valence-electron chi connectivity index (χ1n) is 4.09. The highest BCUT2D eigenvalue weighted by Gasteiger charge is 2.05. The lowest BCUT2D eigenvalue weighted by molar-refractivity contribution is 0.789. The average Bonchev–Trinajstić information content (AvgIpc) is 2.51. The highest BCUT2D eigenvalue weighted by molar-refractivity contribution is 6.35. The Labute approximate surface area is 81.1 Å². The van der Waals surface area contributed by atoms with Crippen LogP contribution in [0.25, 0.3) is 10.9 Å². The van der Waals surface area contributed by atoms with Crippen LogP contribution in [0.15, 0.2) is 18.2 Å². The summed E-state index contributed by atoms with van der Waals surface area (Å²) in [5, 5.41) is 11.9. The molecule has 0 aliphatic rings. The zero-order chi connectivity index (χ0) is 9.26. The van der Waals surface area contributed by atoms with E-state index < -0.39 is 0 Å². The standard InChI is InChI=1S/C9H10ClN3/c1-11-5-8-6-3-2-4-7(10)9(6)13-12-8/h2-4,11H,5H2,1H3,(H,12,13). The Morgan fingerprint density at radius 2 is 2.38 bits per heavy atom. The molecule has 0 unspecified atom stereocenters. The van der Waals surface area contributed by atoms with E-state index in [1.165, 1.54) is 0 Å². The fraction of sp³-hybridized carbons (Fsp3) is 0.222. The Morgan fingerprint density at radius 3 is 3.15 bits per heavy atom. The molecule has 0 saturated carbocycles. The highest BCUT2D eigenvalue weighted by atomic mass is 35.5. The van der Waals surface area contributed by atoms with Crippen molar-refractivity contribution in [3.05, 3.63) is 28.9 Å². The number of para-hydroxylation sites is 1. The van der Waals surface area contributed by atoms with Crippen LogP contribution < -0.4 is 5.32 Å². The lowest BCUT2D eigenvalue weighted by Gasteiger charge is -1.95. The van der Waals surface area contributed by atoms with Gasteiger partial charge in [-0.1, -0.05) is 23.7 Å². The molecule has 0 radical (unpaired) electrons. The summed E-state index contributed by atoms with van der Waals surface area (Å²) >= 11 is 5.97. The molecule has 0 amide bonds. The first-order chi connectivity index (χ1) is 6.33. The van der Waals surface area contributed by atoms with Crippen LogP contribution in [0.1, 0.15) is 5.69 Å². The minimum Gasteiger partial charge on any atom is -0.314 e. The van der Waals surface area contributed by atoms with E-state index in [1.807, 2.05) is 25.2 Å². The number of H-pyrrole nitrogens is 1. The quantitative estimate of drug-likeness (QED) is 0.769. The fourth-order valence-electron chi connectivity index (χ4n) is 1.37. The predicted molar refractivity (Wildman–Crippen MR) is 53.9 cm³/mol. The molecule has 0 spiro atoms. The summed E-state index contributed by atoms with van der Waals surface area (Å²) in [5.74, 6) is 0. The summed E-state index contributed by atoms with van der Waals surface area (Å²) in [6.07, 6.45) is 0. The summed E-state index contributed by atoms with van der Waals surface area (Å²) < 4.78 is 0. The third-order valence-electron chi connectivity index (χ3n) is 1.97. The van der Waals surface area contributed by atoms with Crippen molar-refractivity contribution in [1.29, 1.82) is 0 Å². The van der Waals surface area contributed by atoms with Crippen LogP contribution in [0.2, 0.25) is 5.02 Å². The van der Waals surface area contributed by atoms with Crippen LogP contribution in [0, 0.1) is 0 Å². The van der Waals surface area contributed by atoms with Crippen LogP contribution in [-0.2, 0) is 6.54 Å². The Bertz CT molecular complexity index is 422. The normalized spacial score (nSPS) is 10.9. The number of hydrogen-bond donors (Lipinski definition) is 2. The molecular formula is C9H10ClN3. The van der Waals surface area contributed by atoms with Crippen molar-refractivity contribution >= 4 is 22.5 Å². The number of nitrogens with one attached hydrogen (secondary N) is 2. The van der Waals surface area contributed by atoms with E-state index in [0.29, 0.717) is 5.02 Å². The minimum absolute atomic E-state index is 0.691. The molecule has 0 atom stereocenters. The molecular weight excluding hydrogens is 186 g/mol. The molecule has 4 heteroatoms. The molecule has 0 bridgehead atoms. The second-order valence-electron chi connectivity index (χ2n) is 2.87. The van der Waals surface area contributed by atoms with Gasteiger partial charge < -0.3 is 5.32 Å². The highest BCUT2D eigenvalue weighted by Crippen LogP contribution is 2.23. The fourth-order valence-corrected chi connectivity index (χ4v) is 1.58. The molecule has 2 N–H and O–H groups in total. The Kier molecular flexibility index (Phi) is 2.20. The van der Waals surface area contributed by atoms with Gasteiger partial charge in [0, 0.05) is 11.9 Å². The van der Waals surface area contributed by atoms with Gasteiger partial charge in [0.15, 0.2) is 0 Å². The lowest BCUT2D eigenvalue weighted by Crippen LogP contribution is -2.05. The van der Waals surface area contributed by atoms with E-state index in [2.05, 4.69) is 15.5 Å². The van der Waals surface area contributed by atoms with Gasteiger partial charge in [-0.3, -0.25) is 5.10 Å². The first kappa shape index (κ1) is 8.53. The van der Waals surface area contributed by atoms with Gasteiger partial charge in [-0.25, -0.2) is 0 Å². The first-order valence-corrected chi connectivity index (χ1v) is 4.47. The topological polar surface area (TPSA) is 40.7 Å². The summed E-state index contributed by atoms with van der Waals surface area (Å²) in [6.45, 7) is 0.775. The summed E-state index contributed by atoms with van der Waals surface area (Å²) in [4.78, 5) is 0. The van der Waals surface area contributed by atoms with E-state index in [1.54, 1.807) is 0 Å². The van der Waals surface area contributed by atoms with Crippen LogP contribution in [-0.4, -0.2) is 17.2 Å². The second kappa shape index (κ2) is 3.36. The molecule has 68 valence electrons. The molecule has 0 fully saturated rings. The molecule has 13 heavy (non-hydrogen) atoms. The van der Waals surface area contributed by atoms with Crippen molar-refractivity contribution in [2.24, 2.45) is 0 Å². The maximum absolute atomic E-state index is 5.97. The predicted octanol–water partition coefficient (Wildman–Crippen LogP) is 1.94. The summed E-state index contributed by atoms with van der Waals surface area (Å²) in [7, 11) is 1.90. The van der Waals surface area contributed by atoms with E-state index in [0.717, 1.165) is 23.1 Å². The molecule has 0 aliphatic carbocycles. The molecule has 3 nitrogen and oxygen atoms in total. The monoisotopic (exact) mass is 195 g/mol. The molecule has 2 rings (SSSR count). The van der Waals surface area contributed by atoms with Crippen LogP contribution in [0.5, 0.6) is 0 Å². The zero-order valence-electron chi connectivity index (χ0n) is 7.26. The van der Waals surface area contributed by atoms with Crippen molar-refractivity contribution in [2.75, 3.05) is 7.05 Å². The third kappa shape index (κ3) is 1.41. The van der Waals surface area contributed by atoms with E-state index in [9.17, 15) is 0 Å². The molecule has 1 heterocycles. The van der Waals surface area contributed by atoms with Gasteiger partial charge in [-0.2, -0.15) is 5.10 Å². The van der Waals surface area contributed by atoms with Crippen LogP contribution in [0.4, 0.5) is 0 Å². The number of nitrogens with zero attached hydrogens (tertiary/aromatic N) is 1. The van der Waals surface area contributed by atoms with Crippen LogP contribution >= 0.6 is 11.6 Å². The summed E-state index contributed by atoms with van der Waals surface area (Å²) in [5.41, 5.74) is 1.91. The SMILES string of the molecule is CNCc1[nH]nc2c(Cl)cccc12. The zero-order valence-corrected chi connectivity index (χ0v) is 8.02. The van der Waals surface area contributed by atoms with Gasteiger partial charge in [0.2, 0.25) is 0 Å². The maximum Gasteiger partial charge on any atom is 0.111 e. The van der Waals surface area contributed by atoms with Crippen molar-refractivity contribution in [3.8, 4) is 0 Å². The molecule has 0 saturated heterocycles. The van der Waals surface area contributed by atoms with Crippen molar-refractivity contribution < 1.29 is 0 Å². The largest absolute Gasteiger partial charge is 0.314 e. The van der Waals surface area contributed by atoms with Gasteiger partial charge in [0.1, 0.15) is 5.52 Å². The van der Waals surface area contributed by atoms with E-state index in [4.69, 9.17) is 11.6 Å². The van der Waals surface area contributed by atoms with Crippen LogP contribution in [0.3, 0.4) is 0 Å². The second-order valence-corrected chi connectivity index (χ2v) is 3.28. The Hall–Kier alpha value is -1.06.